The third-order valence-corrected chi connectivity index (χ3v) is 4.48. The molecule has 2 aromatic rings. The lowest BCUT2D eigenvalue weighted by Gasteiger charge is -2.15. The Morgan fingerprint density at radius 2 is 1.83 bits per heavy atom. The quantitative estimate of drug-likeness (QED) is 0.658. The minimum absolute atomic E-state index is 0.0112. The molecule has 0 saturated carbocycles. The molecule has 2 aromatic carbocycles. The Bertz CT molecular complexity index is 791. The normalized spacial score (nSPS) is 10.6. The molecule has 2 rings (SSSR count). The van der Waals surface area contributed by atoms with Crippen molar-refractivity contribution in [2.75, 3.05) is 5.32 Å². The third-order valence-electron chi connectivity index (χ3n) is 3.34. The van der Waals surface area contributed by atoms with Gasteiger partial charge in [0.1, 0.15) is 0 Å². The fourth-order valence-electron chi connectivity index (χ4n) is 2.24. The summed E-state index contributed by atoms with van der Waals surface area (Å²) in [6, 6.07) is 10.4. The monoisotopic (exact) mass is 456 g/mol. The lowest BCUT2D eigenvalue weighted by molar-refractivity contribution is 0.0930. The molecule has 0 aliphatic rings. The number of hydrogen-bond donors (Lipinski definition) is 2. The van der Waals surface area contributed by atoms with Crippen LogP contribution in [0.2, 0.25) is 5.02 Å². The van der Waals surface area contributed by atoms with Gasteiger partial charge >= 0.3 is 0 Å². The maximum Gasteiger partial charge on any atom is 0.256 e. The first-order valence-corrected chi connectivity index (χ1v) is 8.92. The van der Waals surface area contributed by atoms with E-state index in [-0.39, 0.29) is 17.9 Å². The van der Waals surface area contributed by atoms with Crippen LogP contribution in [0.15, 0.2) is 36.4 Å². The van der Waals surface area contributed by atoms with E-state index in [1.165, 1.54) is 0 Å². The molecule has 0 aliphatic carbocycles. The topological polar surface area (TPSA) is 58.2 Å². The van der Waals surface area contributed by atoms with Crippen molar-refractivity contribution in [2.45, 2.75) is 26.8 Å². The van der Waals surface area contributed by atoms with Gasteiger partial charge < -0.3 is 10.6 Å². The average Bonchev–Trinajstić information content (AvgIpc) is 2.48. The van der Waals surface area contributed by atoms with E-state index in [0.717, 1.165) is 9.13 Å². The summed E-state index contributed by atoms with van der Waals surface area (Å²) in [5.41, 5.74) is 2.25. The van der Waals surface area contributed by atoms with Gasteiger partial charge in [-0.25, -0.2) is 0 Å². The summed E-state index contributed by atoms with van der Waals surface area (Å²) in [4.78, 5) is 25.1. The van der Waals surface area contributed by atoms with Gasteiger partial charge in [0, 0.05) is 20.3 Å². The summed E-state index contributed by atoms with van der Waals surface area (Å²) >= 11 is 8.00. The fraction of sp³-hybridized carbons (Fsp3) is 0.222. The molecule has 2 N–H and O–H groups in total. The highest BCUT2D eigenvalue weighted by Crippen LogP contribution is 2.22. The molecule has 6 heteroatoms. The summed E-state index contributed by atoms with van der Waals surface area (Å²) in [7, 11) is 0. The van der Waals surface area contributed by atoms with E-state index in [0.29, 0.717) is 21.8 Å². The van der Waals surface area contributed by atoms with E-state index in [2.05, 4.69) is 33.2 Å². The number of anilines is 1. The van der Waals surface area contributed by atoms with E-state index < -0.39 is 0 Å². The number of halogens is 2. The van der Waals surface area contributed by atoms with Gasteiger partial charge in [0.05, 0.1) is 11.1 Å². The van der Waals surface area contributed by atoms with Crippen LogP contribution in [-0.2, 0) is 0 Å². The number of nitrogens with one attached hydrogen (secondary N) is 2. The van der Waals surface area contributed by atoms with Crippen LogP contribution in [0.4, 0.5) is 5.69 Å². The molecule has 0 aromatic heterocycles. The van der Waals surface area contributed by atoms with Crippen molar-refractivity contribution < 1.29 is 9.59 Å². The first kappa shape index (κ1) is 18.7. The van der Waals surface area contributed by atoms with Gasteiger partial charge in [-0.1, -0.05) is 17.7 Å². The summed E-state index contributed by atoms with van der Waals surface area (Å²) in [5.74, 6) is -0.583. The Balaban J connectivity index is 2.35. The standard InChI is InChI=1S/C18H18ClIN2O2/c1-10(2)21-18(24)16-13(5-4-6-14(16)20)17(23)22-15-8-7-12(19)9-11(15)3/h4-10H,1-3H3,(H,21,24)(H,22,23). The van der Waals surface area contributed by atoms with Crippen molar-refractivity contribution in [3.8, 4) is 0 Å². The second-order valence-corrected chi connectivity index (χ2v) is 7.30. The van der Waals surface area contributed by atoms with Crippen LogP contribution in [0.3, 0.4) is 0 Å². The van der Waals surface area contributed by atoms with Gasteiger partial charge in [-0.3, -0.25) is 9.59 Å². The molecule has 0 saturated heterocycles. The van der Waals surface area contributed by atoms with E-state index in [9.17, 15) is 9.59 Å². The molecule has 24 heavy (non-hydrogen) atoms. The second-order valence-electron chi connectivity index (χ2n) is 5.70. The maximum absolute atomic E-state index is 12.7. The highest BCUT2D eigenvalue weighted by Gasteiger charge is 2.20. The van der Waals surface area contributed by atoms with Crippen molar-refractivity contribution in [1.82, 2.24) is 5.32 Å². The third kappa shape index (κ3) is 4.48. The first-order chi connectivity index (χ1) is 11.3. The zero-order valence-corrected chi connectivity index (χ0v) is 16.5. The fourth-order valence-corrected chi connectivity index (χ4v) is 3.21. The molecule has 0 radical (unpaired) electrons. The Labute approximate surface area is 160 Å². The molecule has 2 amide bonds. The Hall–Kier alpha value is -1.60. The van der Waals surface area contributed by atoms with Crippen LogP contribution >= 0.6 is 34.2 Å². The molecule has 0 unspecified atom stereocenters. The molecular weight excluding hydrogens is 439 g/mol. The molecule has 0 fully saturated rings. The largest absolute Gasteiger partial charge is 0.350 e. The Morgan fingerprint density at radius 3 is 2.46 bits per heavy atom. The molecule has 4 nitrogen and oxygen atoms in total. The van der Waals surface area contributed by atoms with Crippen LogP contribution in [0.25, 0.3) is 0 Å². The number of rotatable bonds is 4. The predicted molar refractivity (Wildman–Crippen MR) is 106 cm³/mol. The Morgan fingerprint density at radius 1 is 1.12 bits per heavy atom. The predicted octanol–water partition coefficient (Wildman–Crippen LogP) is 4.64. The van der Waals surface area contributed by atoms with Gasteiger partial charge in [-0.2, -0.15) is 0 Å². The van der Waals surface area contributed by atoms with Crippen LogP contribution in [-0.4, -0.2) is 17.9 Å². The lowest BCUT2D eigenvalue weighted by Crippen LogP contribution is -2.32. The van der Waals surface area contributed by atoms with Crippen LogP contribution < -0.4 is 10.6 Å². The number of carbonyl (C=O) groups is 2. The summed E-state index contributed by atoms with van der Waals surface area (Å²) in [6.45, 7) is 5.62. The highest BCUT2D eigenvalue weighted by molar-refractivity contribution is 14.1. The van der Waals surface area contributed by atoms with Gasteiger partial charge in [-0.05, 0) is 79.3 Å². The van der Waals surface area contributed by atoms with Crippen molar-refractivity contribution in [2.24, 2.45) is 0 Å². The lowest BCUT2D eigenvalue weighted by atomic mass is 10.1. The minimum atomic E-state index is -0.326. The van der Waals surface area contributed by atoms with Crippen molar-refractivity contribution in [3.63, 3.8) is 0 Å². The number of amides is 2. The van der Waals surface area contributed by atoms with E-state index in [1.54, 1.807) is 36.4 Å². The molecule has 0 aliphatic heterocycles. The van der Waals surface area contributed by atoms with Gasteiger partial charge in [0.25, 0.3) is 11.8 Å². The average molecular weight is 457 g/mol. The summed E-state index contributed by atoms with van der Waals surface area (Å²) in [5, 5.41) is 6.29. The number of hydrogen-bond acceptors (Lipinski definition) is 2. The van der Waals surface area contributed by atoms with Crippen molar-refractivity contribution in [3.05, 3.63) is 61.7 Å². The van der Waals surface area contributed by atoms with Crippen molar-refractivity contribution >= 4 is 51.7 Å². The smallest absolute Gasteiger partial charge is 0.256 e. The van der Waals surface area contributed by atoms with E-state index in [1.807, 2.05) is 20.8 Å². The zero-order valence-electron chi connectivity index (χ0n) is 13.6. The first-order valence-electron chi connectivity index (χ1n) is 7.46. The molecule has 0 bridgehead atoms. The van der Waals surface area contributed by atoms with Gasteiger partial charge in [0.15, 0.2) is 0 Å². The Kier molecular flexibility index (Phi) is 6.23. The minimum Gasteiger partial charge on any atom is -0.350 e. The van der Waals surface area contributed by atoms with Crippen molar-refractivity contribution in [1.29, 1.82) is 0 Å². The number of aryl methyl sites for hydroxylation is 1. The van der Waals surface area contributed by atoms with E-state index in [4.69, 9.17) is 11.6 Å². The molecular formula is C18H18ClIN2O2. The van der Waals surface area contributed by atoms with Crippen LogP contribution in [0.1, 0.15) is 40.1 Å². The SMILES string of the molecule is Cc1cc(Cl)ccc1NC(=O)c1cccc(I)c1C(=O)NC(C)C. The molecule has 126 valence electrons. The van der Waals surface area contributed by atoms with Crippen LogP contribution in [0.5, 0.6) is 0 Å². The molecule has 0 heterocycles. The molecule has 0 atom stereocenters. The summed E-state index contributed by atoms with van der Waals surface area (Å²) < 4.78 is 0.728. The zero-order chi connectivity index (χ0) is 17.9. The number of benzene rings is 2. The van der Waals surface area contributed by atoms with E-state index >= 15 is 0 Å². The van der Waals surface area contributed by atoms with Gasteiger partial charge in [-0.15, -0.1) is 0 Å². The van der Waals surface area contributed by atoms with Gasteiger partial charge in [0.2, 0.25) is 0 Å². The number of carbonyl (C=O) groups excluding carboxylic acids is 2. The molecule has 0 spiro atoms. The summed E-state index contributed by atoms with van der Waals surface area (Å²) in [6.07, 6.45) is 0. The second kappa shape index (κ2) is 7.98. The maximum atomic E-state index is 12.7. The van der Waals surface area contributed by atoms with Crippen LogP contribution in [0, 0.1) is 10.5 Å². The highest BCUT2D eigenvalue weighted by atomic mass is 127.